The number of aromatic nitrogens is 1. The van der Waals surface area contributed by atoms with E-state index in [1.807, 2.05) is 43.3 Å². The summed E-state index contributed by atoms with van der Waals surface area (Å²) in [6.07, 6.45) is 5.68. The van der Waals surface area contributed by atoms with Crippen LogP contribution in [0.3, 0.4) is 0 Å². The number of benzene rings is 2. The van der Waals surface area contributed by atoms with E-state index < -0.39 is 0 Å². The van der Waals surface area contributed by atoms with E-state index in [4.69, 9.17) is 9.72 Å². The van der Waals surface area contributed by atoms with E-state index in [-0.39, 0.29) is 11.9 Å². The van der Waals surface area contributed by atoms with Crippen LogP contribution in [0.1, 0.15) is 40.4 Å². The second-order valence-electron chi connectivity index (χ2n) is 8.50. The van der Waals surface area contributed by atoms with Crippen LogP contribution in [0.5, 0.6) is 5.75 Å². The standard InChI is InChI=1S/C26H28N4O2/c1-30(2)25-20-8-5-7-18(17-10-13-27-14-11-17)24(20)28-16-21(25)26(31)29-22-12-15-32-23-9-4-3-6-19(22)23/h3-10,16,22,27H,11-15H2,1-2H3,(H,29,31). The molecule has 3 aromatic rings. The van der Waals surface area contributed by atoms with Crippen molar-refractivity contribution in [1.29, 1.82) is 0 Å². The summed E-state index contributed by atoms with van der Waals surface area (Å²) in [6.45, 7) is 2.43. The van der Waals surface area contributed by atoms with Crippen LogP contribution in [-0.2, 0) is 0 Å². The lowest BCUT2D eigenvalue weighted by Gasteiger charge is -2.27. The van der Waals surface area contributed by atoms with Crippen LogP contribution in [0.15, 0.2) is 54.7 Å². The highest BCUT2D eigenvalue weighted by atomic mass is 16.5. The van der Waals surface area contributed by atoms with Crippen molar-refractivity contribution < 1.29 is 9.53 Å². The number of pyridine rings is 1. The molecule has 1 aromatic heterocycles. The van der Waals surface area contributed by atoms with Crippen molar-refractivity contribution in [3.05, 3.63) is 71.4 Å². The fourth-order valence-electron chi connectivity index (χ4n) is 4.71. The molecule has 0 aliphatic carbocycles. The lowest BCUT2D eigenvalue weighted by atomic mass is 9.95. The molecule has 164 valence electrons. The Labute approximate surface area is 188 Å². The van der Waals surface area contributed by atoms with Crippen molar-refractivity contribution in [2.24, 2.45) is 0 Å². The van der Waals surface area contributed by atoms with Gasteiger partial charge >= 0.3 is 0 Å². The minimum absolute atomic E-state index is 0.0793. The zero-order valence-corrected chi connectivity index (χ0v) is 18.5. The van der Waals surface area contributed by atoms with Crippen LogP contribution in [0.4, 0.5) is 5.69 Å². The molecule has 32 heavy (non-hydrogen) atoms. The summed E-state index contributed by atoms with van der Waals surface area (Å²) in [4.78, 5) is 20.2. The van der Waals surface area contributed by atoms with Gasteiger partial charge in [-0.25, -0.2) is 0 Å². The summed E-state index contributed by atoms with van der Waals surface area (Å²) >= 11 is 0. The third kappa shape index (κ3) is 3.71. The summed E-state index contributed by atoms with van der Waals surface area (Å²) < 4.78 is 5.75. The number of carbonyl (C=O) groups excluding carboxylic acids is 1. The minimum Gasteiger partial charge on any atom is -0.493 e. The van der Waals surface area contributed by atoms with Gasteiger partial charge in [0, 0.05) is 49.8 Å². The molecule has 1 unspecified atom stereocenters. The van der Waals surface area contributed by atoms with Gasteiger partial charge in [-0.05, 0) is 24.6 Å². The second kappa shape index (κ2) is 8.63. The summed E-state index contributed by atoms with van der Waals surface area (Å²) in [5.74, 6) is 0.727. The van der Waals surface area contributed by atoms with Crippen LogP contribution in [-0.4, -0.2) is 44.7 Å². The van der Waals surface area contributed by atoms with Gasteiger partial charge in [-0.15, -0.1) is 0 Å². The first-order chi connectivity index (χ1) is 15.6. The van der Waals surface area contributed by atoms with Crippen molar-refractivity contribution in [3.8, 4) is 5.75 Å². The number of hydrogen-bond acceptors (Lipinski definition) is 5. The molecular formula is C26H28N4O2. The topological polar surface area (TPSA) is 66.5 Å². The van der Waals surface area contributed by atoms with Gasteiger partial charge in [0.05, 0.1) is 29.4 Å². The lowest BCUT2D eigenvalue weighted by molar-refractivity contribution is 0.0925. The number of carbonyl (C=O) groups is 1. The highest BCUT2D eigenvalue weighted by molar-refractivity contribution is 6.09. The van der Waals surface area contributed by atoms with Gasteiger partial charge < -0.3 is 20.3 Å². The van der Waals surface area contributed by atoms with E-state index in [1.54, 1.807) is 6.20 Å². The highest BCUT2D eigenvalue weighted by Gasteiger charge is 2.26. The van der Waals surface area contributed by atoms with Crippen molar-refractivity contribution >= 4 is 28.1 Å². The van der Waals surface area contributed by atoms with E-state index in [2.05, 4.69) is 34.9 Å². The van der Waals surface area contributed by atoms with E-state index in [0.29, 0.717) is 12.2 Å². The van der Waals surface area contributed by atoms with Crippen LogP contribution in [0.25, 0.3) is 16.5 Å². The predicted octanol–water partition coefficient (Wildman–Crippen LogP) is 3.93. The van der Waals surface area contributed by atoms with Crippen LogP contribution < -0.4 is 20.3 Å². The Morgan fingerprint density at radius 1 is 1.19 bits per heavy atom. The number of anilines is 1. The first-order valence-corrected chi connectivity index (χ1v) is 11.1. The molecule has 2 N–H and O–H groups in total. The molecule has 1 amide bonds. The monoisotopic (exact) mass is 428 g/mol. The Hall–Kier alpha value is -3.38. The number of nitrogens with zero attached hydrogens (tertiary/aromatic N) is 2. The van der Waals surface area contributed by atoms with Gasteiger partial charge in [0.1, 0.15) is 5.75 Å². The van der Waals surface area contributed by atoms with Gasteiger partial charge in [0.15, 0.2) is 0 Å². The molecule has 2 aliphatic rings. The molecule has 6 heteroatoms. The largest absolute Gasteiger partial charge is 0.493 e. The first kappa shape index (κ1) is 20.5. The molecule has 5 rings (SSSR count). The molecule has 0 saturated heterocycles. The molecule has 0 radical (unpaired) electrons. The molecule has 2 aliphatic heterocycles. The van der Waals surface area contributed by atoms with Gasteiger partial charge in [0.2, 0.25) is 0 Å². The number of fused-ring (bicyclic) bond motifs is 2. The predicted molar refractivity (Wildman–Crippen MR) is 128 cm³/mol. The fourth-order valence-corrected chi connectivity index (χ4v) is 4.71. The van der Waals surface area contributed by atoms with E-state index in [0.717, 1.165) is 59.4 Å². The smallest absolute Gasteiger partial charge is 0.255 e. The van der Waals surface area contributed by atoms with E-state index in [1.165, 1.54) is 5.57 Å². The molecule has 3 heterocycles. The number of amides is 1. The molecule has 0 spiro atoms. The Balaban J connectivity index is 1.54. The number of ether oxygens (including phenoxy) is 1. The van der Waals surface area contributed by atoms with Gasteiger partial charge in [-0.1, -0.05) is 42.5 Å². The minimum atomic E-state index is -0.115. The second-order valence-corrected chi connectivity index (χ2v) is 8.50. The highest BCUT2D eigenvalue weighted by Crippen LogP contribution is 2.35. The number of rotatable bonds is 4. The van der Waals surface area contributed by atoms with Gasteiger partial charge in [-0.3, -0.25) is 9.78 Å². The maximum Gasteiger partial charge on any atom is 0.255 e. The third-order valence-electron chi connectivity index (χ3n) is 6.23. The maximum absolute atomic E-state index is 13.4. The zero-order chi connectivity index (χ0) is 22.1. The number of hydrogen-bond donors (Lipinski definition) is 2. The van der Waals surface area contributed by atoms with Crippen molar-refractivity contribution in [3.63, 3.8) is 0 Å². The average molecular weight is 429 g/mol. The number of para-hydroxylation sites is 2. The van der Waals surface area contributed by atoms with Crippen LogP contribution in [0, 0.1) is 0 Å². The third-order valence-corrected chi connectivity index (χ3v) is 6.23. The van der Waals surface area contributed by atoms with Gasteiger partial charge in [-0.2, -0.15) is 0 Å². The fraction of sp³-hybridized carbons (Fsp3) is 0.308. The molecule has 2 aromatic carbocycles. The number of nitrogens with one attached hydrogen (secondary N) is 2. The van der Waals surface area contributed by atoms with Crippen molar-refractivity contribution in [1.82, 2.24) is 15.6 Å². The SMILES string of the molecule is CN(C)c1c(C(=O)NC2CCOc3ccccc32)cnc2c(C3=CCNCC3)cccc12. The summed E-state index contributed by atoms with van der Waals surface area (Å²) in [6, 6.07) is 14.1. The Kier molecular flexibility index (Phi) is 5.53. The molecule has 0 saturated carbocycles. The molecular weight excluding hydrogens is 400 g/mol. The zero-order valence-electron chi connectivity index (χ0n) is 18.5. The first-order valence-electron chi connectivity index (χ1n) is 11.1. The van der Waals surface area contributed by atoms with E-state index >= 15 is 0 Å². The Morgan fingerprint density at radius 2 is 2.06 bits per heavy atom. The van der Waals surface area contributed by atoms with Crippen LogP contribution in [0.2, 0.25) is 0 Å². The molecule has 0 fully saturated rings. The summed E-state index contributed by atoms with van der Waals surface area (Å²) in [5, 5.41) is 7.58. The maximum atomic E-state index is 13.4. The molecule has 0 bridgehead atoms. The van der Waals surface area contributed by atoms with Crippen LogP contribution >= 0.6 is 0 Å². The quantitative estimate of drug-likeness (QED) is 0.659. The molecule has 1 atom stereocenters. The van der Waals surface area contributed by atoms with Crippen molar-refractivity contribution in [2.75, 3.05) is 38.7 Å². The average Bonchev–Trinajstić information content (AvgIpc) is 2.83. The molecule has 6 nitrogen and oxygen atoms in total. The van der Waals surface area contributed by atoms with E-state index in [9.17, 15) is 4.79 Å². The summed E-state index contributed by atoms with van der Waals surface area (Å²) in [7, 11) is 3.96. The lowest BCUT2D eigenvalue weighted by Crippen LogP contribution is -2.33. The Bertz CT molecular complexity index is 1200. The van der Waals surface area contributed by atoms with Gasteiger partial charge in [0.25, 0.3) is 5.91 Å². The normalized spacial score (nSPS) is 17.8. The van der Waals surface area contributed by atoms with Crippen molar-refractivity contribution in [2.45, 2.75) is 18.9 Å². The Morgan fingerprint density at radius 3 is 2.88 bits per heavy atom. The summed E-state index contributed by atoms with van der Waals surface area (Å²) in [5.41, 5.74) is 5.90.